The first kappa shape index (κ1) is 13.5. The quantitative estimate of drug-likeness (QED) is 0.502. The van der Waals surface area contributed by atoms with Crippen molar-refractivity contribution >= 4 is 5.78 Å². The maximum atomic E-state index is 12.3. The van der Waals surface area contributed by atoms with Gasteiger partial charge in [0.15, 0.2) is 23.0 Å². The van der Waals surface area contributed by atoms with Gasteiger partial charge in [-0.3, -0.25) is 4.79 Å². The van der Waals surface area contributed by atoms with Crippen LogP contribution in [0, 0.1) is 0 Å². The summed E-state index contributed by atoms with van der Waals surface area (Å²) < 4.78 is 4.89. The van der Waals surface area contributed by atoms with Gasteiger partial charge < -0.3 is 25.2 Å². The van der Waals surface area contributed by atoms with Crippen LogP contribution in [0.1, 0.15) is 15.9 Å². The second-order valence-electron chi connectivity index (χ2n) is 4.02. The number of carbonyl (C=O) groups is 1. The monoisotopic (exact) mass is 276 g/mol. The highest BCUT2D eigenvalue weighted by Gasteiger charge is 2.22. The third-order valence-electron chi connectivity index (χ3n) is 2.84. The Kier molecular flexibility index (Phi) is 3.39. The summed E-state index contributed by atoms with van der Waals surface area (Å²) in [5.74, 6) is -3.07. The number of benzene rings is 2. The molecule has 0 saturated heterocycles. The molecular weight excluding hydrogens is 264 g/mol. The van der Waals surface area contributed by atoms with E-state index in [9.17, 15) is 25.2 Å². The van der Waals surface area contributed by atoms with Crippen LogP contribution in [0.3, 0.4) is 0 Å². The molecule has 4 N–H and O–H groups in total. The minimum atomic E-state index is -0.793. The lowest BCUT2D eigenvalue weighted by atomic mass is 10.0. The maximum Gasteiger partial charge on any atom is 0.201 e. The molecule has 0 amide bonds. The van der Waals surface area contributed by atoms with E-state index in [1.807, 2.05) is 0 Å². The van der Waals surface area contributed by atoms with Crippen molar-refractivity contribution in [3.05, 3.63) is 41.5 Å². The average molecular weight is 276 g/mol. The fraction of sp³-hybridized carbons (Fsp3) is 0.0714. The van der Waals surface area contributed by atoms with Gasteiger partial charge in [0.2, 0.25) is 11.5 Å². The maximum absolute atomic E-state index is 12.3. The van der Waals surface area contributed by atoms with Gasteiger partial charge in [0.1, 0.15) is 0 Å². The molecule has 2 aromatic rings. The Morgan fingerprint density at radius 3 is 2.20 bits per heavy atom. The number of para-hydroxylation sites is 1. The van der Waals surface area contributed by atoms with Gasteiger partial charge in [-0.25, -0.2) is 0 Å². The van der Waals surface area contributed by atoms with Crippen molar-refractivity contribution in [1.82, 2.24) is 0 Å². The largest absolute Gasteiger partial charge is 0.504 e. The summed E-state index contributed by atoms with van der Waals surface area (Å²) in [7, 11) is 1.34. The minimum absolute atomic E-state index is 0.0928. The second kappa shape index (κ2) is 5.00. The number of aromatic hydroxyl groups is 4. The van der Waals surface area contributed by atoms with Gasteiger partial charge in [-0.15, -0.1) is 0 Å². The molecule has 20 heavy (non-hydrogen) atoms. The van der Waals surface area contributed by atoms with E-state index in [1.54, 1.807) is 0 Å². The highest BCUT2D eigenvalue weighted by Crippen LogP contribution is 2.39. The van der Waals surface area contributed by atoms with Crippen LogP contribution >= 0.6 is 0 Å². The van der Waals surface area contributed by atoms with E-state index in [0.717, 1.165) is 12.1 Å². The van der Waals surface area contributed by atoms with E-state index in [1.165, 1.54) is 25.3 Å². The first-order chi connectivity index (χ1) is 9.47. The van der Waals surface area contributed by atoms with Crippen LogP contribution in [0.25, 0.3) is 0 Å². The highest BCUT2D eigenvalue weighted by atomic mass is 16.5. The third kappa shape index (κ3) is 2.07. The van der Waals surface area contributed by atoms with Gasteiger partial charge in [-0.05, 0) is 24.3 Å². The molecule has 0 atom stereocenters. The van der Waals surface area contributed by atoms with E-state index in [0.29, 0.717) is 0 Å². The number of carbonyl (C=O) groups excluding carboxylic acids is 1. The summed E-state index contributed by atoms with van der Waals surface area (Å²) in [6.45, 7) is 0. The molecule has 6 heteroatoms. The Labute approximate surface area is 114 Å². The number of hydrogen-bond acceptors (Lipinski definition) is 6. The van der Waals surface area contributed by atoms with Crippen LogP contribution in [0.5, 0.6) is 28.7 Å². The van der Waals surface area contributed by atoms with E-state index in [4.69, 9.17) is 4.74 Å². The van der Waals surface area contributed by atoms with E-state index >= 15 is 0 Å². The van der Waals surface area contributed by atoms with E-state index in [2.05, 4.69) is 0 Å². The van der Waals surface area contributed by atoms with Crippen LogP contribution in [0.2, 0.25) is 0 Å². The predicted molar refractivity (Wildman–Crippen MR) is 69.5 cm³/mol. The molecule has 0 radical (unpaired) electrons. The first-order valence-electron chi connectivity index (χ1n) is 5.62. The number of ketones is 1. The van der Waals surface area contributed by atoms with Gasteiger partial charge in [-0.1, -0.05) is 6.07 Å². The third-order valence-corrected chi connectivity index (χ3v) is 2.84. The van der Waals surface area contributed by atoms with Crippen LogP contribution in [-0.2, 0) is 0 Å². The number of phenolic OH excluding ortho intramolecular Hbond substituents is 4. The second-order valence-corrected chi connectivity index (χ2v) is 4.02. The Morgan fingerprint density at radius 1 is 0.900 bits per heavy atom. The molecule has 0 spiro atoms. The fourth-order valence-electron chi connectivity index (χ4n) is 1.77. The van der Waals surface area contributed by atoms with Crippen molar-refractivity contribution in [2.45, 2.75) is 0 Å². The van der Waals surface area contributed by atoms with Crippen LogP contribution in [-0.4, -0.2) is 33.3 Å². The Balaban J connectivity index is 2.55. The number of phenols is 4. The summed E-state index contributed by atoms with van der Waals surface area (Å²) in [5, 5.41) is 38.2. The summed E-state index contributed by atoms with van der Waals surface area (Å²) in [6.07, 6.45) is 0. The lowest BCUT2D eigenvalue weighted by Crippen LogP contribution is -2.03. The molecule has 0 aromatic heterocycles. The van der Waals surface area contributed by atoms with Gasteiger partial charge >= 0.3 is 0 Å². The van der Waals surface area contributed by atoms with Crippen LogP contribution in [0.15, 0.2) is 30.3 Å². The van der Waals surface area contributed by atoms with Gasteiger partial charge in [0, 0.05) is 0 Å². The number of methoxy groups -OCH3 is 1. The summed E-state index contributed by atoms with van der Waals surface area (Å²) >= 11 is 0. The van der Waals surface area contributed by atoms with Crippen molar-refractivity contribution in [1.29, 1.82) is 0 Å². The lowest BCUT2D eigenvalue weighted by Gasteiger charge is -2.10. The molecule has 0 aliphatic heterocycles. The fourth-order valence-corrected chi connectivity index (χ4v) is 1.77. The number of ether oxygens (including phenoxy) is 1. The Morgan fingerprint density at radius 2 is 1.55 bits per heavy atom. The van der Waals surface area contributed by atoms with Crippen molar-refractivity contribution in [2.24, 2.45) is 0 Å². The highest BCUT2D eigenvalue weighted by molar-refractivity contribution is 6.13. The zero-order valence-electron chi connectivity index (χ0n) is 10.5. The molecule has 0 aliphatic rings. The van der Waals surface area contributed by atoms with Crippen LogP contribution in [0.4, 0.5) is 0 Å². The molecule has 2 rings (SSSR count). The Bertz CT molecular complexity index is 678. The van der Waals surface area contributed by atoms with Crippen molar-refractivity contribution in [3.8, 4) is 28.7 Å². The summed E-state index contributed by atoms with van der Waals surface area (Å²) in [5.41, 5.74) is -0.339. The average Bonchev–Trinajstić information content (AvgIpc) is 2.44. The van der Waals surface area contributed by atoms with Gasteiger partial charge in [-0.2, -0.15) is 0 Å². The molecule has 104 valence electrons. The lowest BCUT2D eigenvalue weighted by molar-refractivity contribution is 0.103. The topological polar surface area (TPSA) is 107 Å². The minimum Gasteiger partial charge on any atom is -0.504 e. The smallest absolute Gasteiger partial charge is 0.201 e. The van der Waals surface area contributed by atoms with Crippen LogP contribution < -0.4 is 4.74 Å². The SMILES string of the molecule is COc1cccc(C(=O)c2ccc(O)c(O)c2O)c1O. The summed E-state index contributed by atoms with van der Waals surface area (Å²) in [6, 6.07) is 6.54. The summed E-state index contributed by atoms with van der Waals surface area (Å²) in [4.78, 5) is 12.3. The van der Waals surface area contributed by atoms with E-state index < -0.39 is 23.0 Å². The molecular formula is C14H12O6. The zero-order chi connectivity index (χ0) is 14.9. The molecule has 0 bridgehead atoms. The van der Waals surface area contributed by atoms with Gasteiger partial charge in [0.25, 0.3) is 0 Å². The molecule has 0 heterocycles. The van der Waals surface area contributed by atoms with Crippen molar-refractivity contribution < 1.29 is 30.0 Å². The predicted octanol–water partition coefficient (Wildman–Crippen LogP) is 1.75. The molecule has 6 nitrogen and oxygen atoms in total. The van der Waals surface area contributed by atoms with Crippen molar-refractivity contribution in [2.75, 3.05) is 7.11 Å². The molecule has 0 aliphatic carbocycles. The van der Waals surface area contributed by atoms with Gasteiger partial charge in [0.05, 0.1) is 18.2 Å². The Hall–Kier alpha value is -2.89. The standard InChI is InChI=1S/C14H12O6/c1-20-10-4-2-3-7(12(10)17)11(16)8-5-6-9(15)14(19)13(8)18/h2-6,15,17-19H,1H3. The number of rotatable bonds is 3. The molecule has 0 saturated carbocycles. The van der Waals surface area contributed by atoms with E-state index in [-0.39, 0.29) is 22.6 Å². The normalized spacial score (nSPS) is 10.2. The first-order valence-corrected chi connectivity index (χ1v) is 5.62. The number of hydrogen-bond donors (Lipinski definition) is 4. The van der Waals surface area contributed by atoms with Crippen molar-refractivity contribution in [3.63, 3.8) is 0 Å². The molecule has 2 aromatic carbocycles. The molecule has 0 fully saturated rings. The zero-order valence-corrected chi connectivity index (χ0v) is 10.5. The molecule has 0 unspecified atom stereocenters.